The number of aromatic nitrogens is 2. The van der Waals surface area contributed by atoms with Gasteiger partial charge in [-0.25, -0.2) is 4.79 Å². The molecule has 5 heteroatoms. The van der Waals surface area contributed by atoms with Crippen LogP contribution < -0.4 is 11.2 Å². The molecule has 0 aliphatic rings. The van der Waals surface area contributed by atoms with Gasteiger partial charge in [0.1, 0.15) is 5.15 Å². The number of nitrogens with zero attached hydrogens (tertiary/aromatic N) is 1. The zero-order chi connectivity index (χ0) is 10.9. The molecule has 1 heterocycles. The summed E-state index contributed by atoms with van der Waals surface area (Å²) >= 11 is 5.52. The van der Waals surface area contributed by atoms with E-state index in [0.29, 0.717) is 6.54 Å². The van der Waals surface area contributed by atoms with E-state index in [2.05, 4.69) is 4.98 Å². The van der Waals surface area contributed by atoms with Crippen molar-refractivity contribution in [1.82, 2.24) is 9.55 Å². The Bertz CT molecular complexity index is 408. The van der Waals surface area contributed by atoms with E-state index in [1.54, 1.807) is 0 Å². The monoisotopic (exact) mass is 216 g/mol. The summed E-state index contributed by atoms with van der Waals surface area (Å²) in [6, 6.07) is 1.20. The van der Waals surface area contributed by atoms with Crippen molar-refractivity contribution in [2.24, 2.45) is 5.41 Å². The first kappa shape index (κ1) is 11.0. The van der Waals surface area contributed by atoms with Gasteiger partial charge in [0.25, 0.3) is 5.56 Å². The maximum atomic E-state index is 11.4. The summed E-state index contributed by atoms with van der Waals surface area (Å²) in [5.41, 5.74) is -0.948. The van der Waals surface area contributed by atoms with Crippen LogP contribution in [0.5, 0.6) is 0 Å². The second kappa shape index (κ2) is 3.61. The van der Waals surface area contributed by atoms with E-state index in [1.807, 2.05) is 20.8 Å². The molecule has 0 aromatic carbocycles. The number of hydrogen-bond acceptors (Lipinski definition) is 2. The molecule has 0 saturated heterocycles. The molecule has 1 rings (SSSR count). The van der Waals surface area contributed by atoms with Crippen LogP contribution in [0.4, 0.5) is 0 Å². The molecular weight excluding hydrogens is 204 g/mol. The Hall–Kier alpha value is -1.03. The smallest absolute Gasteiger partial charge is 0.298 e. The van der Waals surface area contributed by atoms with E-state index < -0.39 is 5.69 Å². The number of hydrogen-bond donors (Lipinski definition) is 1. The number of rotatable bonds is 1. The molecule has 0 amide bonds. The molecule has 0 spiro atoms. The van der Waals surface area contributed by atoms with Gasteiger partial charge in [0.2, 0.25) is 0 Å². The minimum Gasteiger partial charge on any atom is -0.298 e. The minimum atomic E-state index is -0.461. The molecule has 1 N–H and O–H groups in total. The second-order valence-corrected chi connectivity index (χ2v) is 4.81. The average Bonchev–Trinajstić information content (AvgIpc) is 1.95. The van der Waals surface area contributed by atoms with E-state index in [4.69, 9.17) is 11.6 Å². The van der Waals surface area contributed by atoms with Crippen LogP contribution in [-0.2, 0) is 6.54 Å². The van der Waals surface area contributed by atoms with Gasteiger partial charge in [0.05, 0.1) is 0 Å². The quantitative estimate of drug-likeness (QED) is 0.718. The fourth-order valence-corrected chi connectivity index (χ4v) is 1.29. The predicted octanol–water partition coefficient (Wildman–Crippen LogP) is 1.24. The maximum Gasteiger partial charge on any atom is 0.329 e. The first-order valence-corrected chi connectivity index (χ1v) is 4.67. The Kier molecular flexibility index (Phi) is 2.85. The molecule has 0 aliphatic carbocycles. The van der Waals surface area contributed by atoms with Crippen molar-refractivity contribution >= 4 is 11.6 Å². The maximum absolute atomic E-state index is 11.4. The van der Waals surface area contributed by atoms with Crippen molar-refractivity contribution in [1.29, 1.82) is 0 Å². The Labute approximate surface area is 86.5 Å². The van der Waals surface area contributed by atoms with Gasteiger partial charge in [-0.2, -0.15) is 0 Å². The Morgan fingerprint density at radius 2 is 2.00 bits per heavy atom. The van der Waals surface area contributed by atoms with Gasteiger partial charge in [-0.15, -0.1) is 0 Å². The molecule has 0 bridgehead atoms. The fraction of sp³-hybridized carbons (Fsp3) is 0.556. The van der Waals surface area contributed by atoms with E-state index in [-0.39, 0.29) is 16.1 Å². The van der Waals surface area contributed by atoms with E-state index in [1.165, 1.54) is 6.07 Å². The summed E-state index contributed by atoms with van der Waals surface area (Å²) in [4.78, 5) is 25.1. The Morgan fingerprint density at radius 3 is 2.43 bits per heavy atom. The molecule has 0 aliphatic heterocycles. The molecule has 0 saturated carbocycles. The third kappa shape index (κ3) is 2.73. The lowest BCUT2D eigenvalue weighted by molar-refractivity contribution is 0.330. The zero-order valence-corrected chi connectivity index (χ0v) is 9.18. The molecule has 14 heavy (non-hydrogen) atoms. The van der Waals surface area contributed by atoms with E-state index in [9.17, 15) is 9.59 Å². The SMILES string of the molecule is CC(C)(C)Cn1c(=O)cc(Cl)[nH]c1=O. The van der Waals surface area contributed by atoms with Gasteiger partial charge in [-0.1, -0.05) is 32.4 Å². The first-order valence-electron chi connectivity index (χ1n) is 4.29. The van der Waals surface area contributed by atoms with Gasteiger partial charge >= 0.3 is 5.69 Å². The highest BCUT2D eigenvalue weighted by molar-refractivity contribution is 6.29. The van der Waals surface area contributed by atoms with Gasteiger partial charge in [-0.3, -0.25) is 14.3 Å². The minimum absolute atomic E-state index is 0.0742. The van der Waals surface area contributed by atoms with Gasteiger partial charge in [0.15, 0.2) is 0 Å². The number of H-pyrrole nitrogens is 1. The molecule has 0 unspecified atom stereocenters. The van der Waals surface area contributed by atoms with Crippen molar-refractivity contribution in [3.05, 3.63) is 32.1 Å². The van der Waals surface area contributed by atoms with Crippen LogP contribution >= 0.6 is 11.6 Å². The van der Waals surface area contributed by atoms with Gasteiger partial charge in [-0.05, 0) is 5.41 Å². The molecular formula is C9H13ClN2O2. The number of nitrogens with one attached hydrogen (secondary N) is 1. The third-order valence-corrected chi connectivity index (χ3v) is 1.82. The molecule has 0 atom stereocenters. The topological polar surface area (TPSA) is 54.9 Å². The van der Waals surface area contributed by atoms with E-state index in [0.717, 1.165) is 4.57 Å². The van der Waals surface area contributed by atoms with Crippen LogP contribution in [-0.4, -0.2) is 9.55 Å². The highest BCUT2D eigenvalue weighted by Crippen LogP contribution is 2.13. The van der Waals surface area contributed by atoms with Crippen LogP contribution in [0.15, 0.2) is 15.7 Å². The van der Waals surface area contributed by atoms with Crippen LogP contribution in [0.3, 0.4) is 0 Å². The lowest BCUT2D eigenvalue weighted by atomic mass is 9.97. The molecule has 4 nitrogen and oxygen atoms in total. The summed E-state index contributed by atoms with van der Waals surface area (Å²) in [5.74, 6) is 0. The first-order chi connectivity index (χ1) is 6.29. The second-order valence-electron chi connectivity index (χ2n) is 4.41. The predicted molar refractivity (Wildman–Crippen MR) is 55.8 cm³/mol. The van der Waals surface area contributed by atoms with Gasteiger partial charge < -0.3 is 0 Å². The molecule has 0 fully saturated rings. The fourth-order valence-electron chi connectivity index (χ4n) is 1.12. The normalized spacial score (nSPS) is 11.7. The van der Waals surface area contributed by atoms with Crippen LogP contribution in [0, 0.1) is 5.41 Å². The third-order valence-electron chi connectivity index (χ3n) is 1.62. The van der Waals surface area contributed by atoms with Crippen LogP contribution in [0.25, 0.3) is 0 Å². The molecule has 1 aromatic heterocycles. The van der Waals surface area contributed by atoms with Crippen LogP contribution in [0.1, 0.15) is 20.8 Å². The summed E-state index contributed by atoms with van der Waals surface area (Å²) in [7, 11) is 0. The number of aromatic amines is 1. The Balaban J connectivity index is 3.23. The van der Waals surface area contributed by atoms with Crippen molar-refractivity contribution in [2.45, 2.75) is 27.3 Å². The lowest BCUT2D eigenvalue weighted by Gasteiger charge is -2.18. The summed E-state index contributed by atoms with van der Waals surface area (Å²) in [5, 5.41) is 0.0742. The summed E-state index contributed by atoms with van der Waals surface area (Å²) in [6.07, 6.45) is 0. The molecule has 78 valence electrons. The average molecular weight is 217 g/mol. The van der Waals surface area contributed by atoms with Crippen molar-refractivity contribution in [3.63, 3.8) is 0 Å². The zero-order valence-electron chi connectivity index (χ0n) is 8.43. The number of halogens is 1. The lowest BCUT2D eigenvalue weighted by Crippen LogP contribution is -2.38. The van der Waals surface area contributed by atoms with Crippen molar-refractivity contribution in [3.8, 4) is 0 Å². The summed E-state index contributed by atoms with van der Waals surface area (Å²) < 4.78 is 1.14. The molecule has 0 radical (unpaired) electrons. The van der Waals surface area contributed by atoms with Crippen molar-refractivity contribution in [2.75, 3.05) is 0 Å². The summed E-state index contributed by atoms with van der Waals surface area (Å²) in [6.45, 7) is 6.23. The Morgan fingerprint density at radius 1 is 1.43 bits per heavy atom. The standard InChI is InChI=1S/C9H13ClN2O2/c1-9(2,3)5-12-7(13)4-6(10)11-8(12)14/h4H,5H2,1-3H3,(H,11,14). The van der Waals surface area contributed by atoms with Crippen molar-refractivity contribution < 1.29 is 0 Å². The van der Waals surface area contributed by atoms with Gasteiger partial charge in [0, 0.05) is 12.6 Å². The largest absolute Gasteiger partial charge is 0.329 e. The molecule has 1 aromatic rings. The van der Waals surface area contributed by atoms with E-state index >= 15 is 0 Å². The van der Waals surface area contributed by atoms with Crippen LogP contribution in [0.2, 0.25) is 5.15 Å². The highest BCUT2D eigenvalue weighted by Gasteiger charge is 2.14. The highest BCUT2D eigenvalue weighted by atomic mass is 35.5.